The van der Waals surface area contributed by atoms with E-state index in [9.17, 15) is 4.79 Å². The third kappa shape index (κ3) is 1.92. The molecule has 2 aliphatic rings. The van der Waals surface area contributed by atoms with Gasteiger partial charge in [0.25, 0.3) is 0 Å². The summed E-state index contributed by atoms with van der Waals surface area (Å²) < 4.78 is 5.16. The second-order valence-electron chi connectivity index (χ2n) is 4.44. The van der Waals surface area contributed by atoms with Gasteiger partial charge in [-0.15, -0.1) is 0 Å². The molecule has 1 amide bonds. The lowest BCUT2D eigenvalue weighted by atomic mass is 9.87. The van der Waals surface area contributed by atoms with Crippen molar-refractivity contribution < 1.29 is 9.53 Å². The molecule has 1 saturated heterocycles. The number of likely N-dealkylation sites (tertiary alicyclic amines) is 1. The molecule has 0 bridgehead atoms. The SMILES string of the molecule is COC1CN(C(=O)C2CCCCC2)C1. The van der Waals surface area contributed by atoms with Crippen LogP contribution in [0.4, 0.5) is 0 Å². The summed E-state index contributed by atoms with van der Waals surface area (Å²) in [5.41, 5.74) is 0. The van der Waals surface area contributed by atoms with E-state index < -0.39 is 0 Å². The van der Waals surface area contributed by atoms with Crippen molar-refractivity contribution in [3.8, 4) is 0 Å². The van der Waals surface area contributed by atoms with Crippen LogP contribution in [-0.2, 0) is 9.53 Å². The third-order valence-corrected chi connectivity index (χ3v) is 3.45. The quantitative estimate of drug-likeness (QED) is 0.670. The van der Waals surface area contributed by atoms with Crippen LogP contribution in [0.2, 0.25) is 0 Å². The monoisotopic (exact) mass is 197 g/mol. The predicted octanol–water partition coefficient (Wildman–Crippen LogP) is 1.42. The number of hydrogen-bond acceptors (Lipinski definition) is 2. The normalized spacial score (nSPS) is 24.8. The summed E-state index contributed by atoms with van der Waals surface area (Å²) >= 11 is 0. The number of carbonyl (C=O) groups excluding carboxylic acids is 1. The summed E-state index contributed by atoms with van der Waals surface area (Å²) in [5.74, 6) is 0.694. The predicted molar refractivity (Wildman–Crippen MR) is 54.0 cm³/mol. The fourth-order valence-electron chi connectivity index (χ4n) is 2.37. The van der Waals surface area contributed by atoms with Crippen LogP contribution in [0.1, 0.15) is 32.1 Å². The Bertz CT molecular complexity index is 205. The van der Waals surface area contributed by atoms with Crippen molar-refractivity contribution in [3.63, 3.8) is 0 Å². The maximum atomic E-state index is 11.9. The molecule has 3 heteroatoms. The molecular weight excluding hydrogens is 178 g/mol. The highest BCUT2D eigenvalue weighted by Gasteiger charge is 2.34. The number of methoxy groups -OCH3 is 1. The Balaban J connectivity index is 1.78. The molecule has 0 spiro atoms. The van der Waals surface area contributed by atoms with E-state index in [0.717, 1.165) is 25.9 Å². The van der Waals surface area contributed by atoms with Crippen molar-refractivity contribution in [3.05, 3.63) is 0 Å². The van der Waals surface area contributed by atoms with Gasteiger partial charge in [-0.2, -0.15) is 0 Å². The smallest absolute Gasteiger partial charge is 0.225 e. The highest BCUT2D eigenvalue weighted by Crippen LogP contribution is 2.27. The van der Waals surface area contributed by atoms with Gasteiger partial charge in [0, 0.05) is 26.1 Å². The largest absolute Gasteiger partial charge is 0.378 e. The molecule has 2 rings (SSSR count). The summed E-state index contributed by atoms with van der Waals surface area (Å²) in [6.07, 6.45) is 6.28. The van der Waals surface area contributed by atoms with Gasteiger partial charge in [-0.1, -0.05) is 19.3 Å². The molecule has 14 heavy (non-hydrogen) atoms. The zero-order chi connectivity index (χ0) is 9.97. The van der Waals surface area contributed by atoms with Crippen molar-refractivity contribution in [1.82, 2.24) is 4.90 Å². The highest BCUT2D eigenvalue weighted by atomic mass is 16.5. The second-order valence-corrected chi connectivity index (χ2v) is 4.44. The van der Waals surface area contributed by atoms with E-state index in [1.165, 1.54) is 19.3 Å². The average molecular weight is 197 g/mol. The number of ether oxygens (including phenoxy) is 1. The van der Waals surface area contributed by atoms with Gasteiger partial charge in [-0.25, -0.2) is 0 Å². The fourth-order valence-corrected chi connectivity index (χ4v) is 2.37. The van der Waals surface area contributed by atoms with E-state index in [1.807, 2.05) is 4.90 Å². The molecule has 0 aromatic carbocycles. The second kappa shape index (κ2) is 4.30. The summed E-state index contributed by atoms with van der Waals surface area (Å²) in [4.78, 5) is 13.9. The van der Waals surface area contributed by atoms with Crippen molar-refractivity contribution >= 4 is 5.91 Å². The van der Waals surface area contributed by atoms with Gasteiger partial charge in [0.05, 0.1) is 6.10 Å². The van der Waals surface area contributed by atoms with Gasteiger partial charge < -0.3 is 9.64 Å². The Hall–Kier alpha value is -0.570. The van der Waals surface area contributed by atoms with Gasteiger partial charge in [-0.05, 0) is 12.8 Å². The first kappa shape index (κ1) is 9.97. The molecule has 3 nitrogen and oxygen atoms in total. The van der Waals surface area contributed by atoms with Gasteiger partial charge >= 0.3 is 0 Å². The van der Waals surface area contributed by atoms with Crippen LogP contribution in [0.15, 0.2) is 0 Å². The number of rotatable bonds is 2. The van der Waals surface area contributed by atoms with Crippen LogP contribution >= 0.6 is 0 Å². The molecule has 1 aliphatic heterocycles. The van der Waals surface area contributed by atoms with Gasteiger partial charge in [-0.3, -0.25) is 4.79 Å². The van der Waals surface area contributed by atoms with Crippen LogP contribution < -0.4 is 0 Å². The zero-order valence-corrected chi connectivity index (χ0v) is 8.87. The highest BCUT2D eigenvalue weighted by molar-refractivity contribution is 5.79. The number of nitrogens with zero attached hydrogens (tertiary/aromatic N) is 1. The Morgan fingerprint density at radius 3 is 2.43 bits per heavy atom. The molecular formula is C11H19NO2. The molecule has 2 fully saturated rings. The summed E-state index contributed by atoms with van der Waals surface area (Å²) in [5, 5.41) is 0. The summed E-state index contributed by atoms with van der Waals surface area (Å²) in [6, 6.07) is 0. The van der Waals surface area contributed by atoms with E-state index in [0.29, 0.717) is 17.9 Å². The van der Waals surface area contributed by atoms with E-state index in [1.54, 1.807) is 7.11 Å². The Morgan fingerprint density at radius 2 is 1.86 bits per heavy atom. The Kier molecular flexibility index (Phi) is 3.06. The molecule has 0 aromatic rings. The molecule has 0 atom stereocenters. The van der Waals surface area contributed by atoms with Gasteiger partial charge in [0.1, 0.15) is 0 Å². The number of amides is 1. The number of carbonyl (C=O) groups is 1. The van der Waals surface area contributed by atoms with Crippen LogP contribution in [-0.4, -0.2) is 37.1 Å². The topological polar surface area (TPSA) is 29.5 Å². The summed E-state index contributed by atoms with van der Waals surface area (Å²) in [6.45, 7) is 1.62. The maximum Gasteiger partial charge on any atom is 0.225 e. The first-order chi connectivity index (χ1) is 6.81. The average Bonchev–Trinajstić information content (AvgIpc) is 2.17. The Morgan fingerprint density at radius 1 is 1.21 bits per heavy atom. The zero-order valence-electron chi connectivity index (χ0n) is 8.87. The van der Waals surface area contributed by atoms with Crippen LogP contribution in [0.3, 0.4) is 0 Å². The molecule has 0 N–H and O–H groups in total. The number of hydrogen-bond donors (Lipinski definition) is 0. The van der Waals surface area contributed by atoms with Crippen molar-refractivity contribution in [2.24, 2.45) is 5.92 Å². The minimum atomic E-state index is 0.294. The molecule has 1 saturated carbocycles. The van der Waals surface area contributed by atoms with Crippen LogP contribution in [0.5, 0.6) is 0 Å². The van der Waals surface area contributed by atoms with E-state index in [-0.39, 0.29) is 0 Å². The lowest BCUT2D eigenvalue weighted by Crippen LogP contribution is -2.56. The van der Waals surface area contributed by atoms with Crippen LogP contribution in [0, 0.1) is 5.92 Å². The standard InChI is InChI=1S/C11H19NO2/c1-14-10-7-12(8-10)11(13)9-5-3-2-4-6-9/h9-10H,2-8H2,1H3. The maximum absolute atomic E-state index is 11.9. The Labute approximate surface area is 85.4 Å². The fraction of sp³-hybridized carbons (Fsp3) is 0.909. The molecule has 0 radical (unpaired) electrons. The molecule has 1 aliphatic carbocycles. The van der Waals surface area contributed by atoms with Crippen molar-refractivity contribution in [2.75, 3.05) is 20.2 Å². The van der Waals surface area contributed by atoms with Crippen molar-refractivity contribution in [2.45, 2.75) is 38.2 Å². The third-order valence-electron chi connectivity index (χ3n) is 3.45. The molecule has 1 heterocycles. The molecule has 80 valence electrons. The van der Waals surface area contributed by atoms with Crippen molar-refractivity contribution in [1.29, 1.82) is 0 Å². The summed E-state index contributed by atoms with van der Waals surface area (Å²) in [7, 11) is 1.72. The van der Waals surface area contributed by atoms with Gasteiger partial charge in [0.2, 0.25) is 5.91 Å². The molecule has 0 unspecified atom stereocenters. The van der Waals surface area contributed by atoms with E-state index in [4.69, 9.17) is 4.74 Å². The first-order valence-corrected chi connectivity index (χ1v) is 5.63. The van der Waals surface area contributed by atoms with E-state index in [2.05, 4.69) is 0 Å². The lowest BCUT2D eigenvalue weighted by molar-refractivity contribution is -0.148. The first-order valence-electron chi connectivity index (χ1n) is 5.63. The van der Waals surface area contributed by atoms with Gasteiger partial charge in [0.15, 0.2) is 0 Å². The minimum absolute atomic E-state index is 0.294. The van der Waals surface area contributed by atoms with E-state index >= 15 is 0 Å². The van der Waals surface area contributed by atoms with Crippen LogP contribution in [0.25, 0.3) is 0 Å². The lowest BCUT2D eigenvalue weighted by Gasteiger charge is -2.40. The minimum Gasteiger partial charge on any atom is -0.378 e. The molecule has 0 aromatic heterocycles.